The molecule has 0 saturated heterocycles. The highest BCUT2D eigenvalue weighted by Gasteiger charge is 2.08. The van der Waals surface area contributed by atoms with Crippen LogP contribution in [0.5, 0.6) is 0 Å². The molecule has 0 saturated carbocycles. The first kappa shape index (κ1) is 12.5. The molecule has 0 radical (unpaired) electrons. The maximum Gasteiger partial charge on any atom is 0.0856 e. The molecule has 0 bridgehead atoms. The van der Waals surface area contributed by atoms with Crippen LogP contribution < -0.4 is 0 Å². The average Bonchev–Trinajstić information content (AvgIpc) is 2.74. The summed E-state index contributed by atoms with van der Waals surface area (Å²) < 4.78 is 1.70. The number of aryl methyl sites for hydroxylation is 1. The van der Waals surface area contributed by atoms with Crippen LogP contribution in [-0.4, -0.2) is 14.9 Å². The predicted octanol–water partition coefficient (Wildman–Crippen LogP) is 2.61. The van der Waals surface area contributed by atoms with Crippen LogP contribution in [0.3, 0.4) is 0 Å². The van der Waals surface area contributed by atoms with E-state index in [4.69, 9.17) is 0 Å². The zero-order valence-electron chi connectivity index (χ0n) is 10.0. The van der Waals surface area contributed by atoms with E-state index in [0.717, 1.165) is 16.8 Å². The highest BCUT2D eigenvalue weighted by molar-refractivity contribution is 5.64. The van der Waals surface area contributed by atoms with Crippen LogP contribution in [0.25, 0.3) is 11.1 Å². The average molecular weight is 218 g/mol. The fourth-order valence-corrected chi connectivity index (χ4v) is 1.51. The monoisotopic (exact) mass is 218 g/mol. The van der Waals surface area contributed by atoms with Gasteiger partial charge in [-0.25, -0.2) is 0 Å². The van der Waals surface area contributed by atoms with Crippen molar-refractivity contribution in [3.05, 3.63) is 42.2 Å². The fourth-order valence-electron chi connectivity index (χ4n) is 1.51. The van der Waals surface area contributed by atoms with Crippen molar-refractivity contribution in [3.8, 4) is 11.1 Å². The molecular formula is C13H18N2O. The van der Waals surface area contributed by atoms with E-state index in [1.807, 2.05) is 51.2 Å². The number of nitrogens with zero attached hydrogens (tertiary/aromatic N) is 2. The van der Waals surface area contributed by atoms with E-state index in [1.165, 1.54) is 0 Å². The molecule has 0 spiro atoms. The van der Waals surface area contributed by atoms with Gasteiger partial charge in [0, 0.05) is 12.6 Å². The number of aromatic nitrogens is 2. The summed E-state index contributed by atoms with van der Waals surface area (Å²) in [5.74, 6) is 0. The van der Waals surface area contributed by atoms with Crippen molar-refractivity contribution in [1.29, 1.82) is 0 Å². The molecule has 86 valence electrons. The van der Waals surface area contributed by atoms with Crippen LogP contribution in [0.4, 0.5) is 0 Å². The van der Waals surface area contributed by atoms with Gasteiger partial charge in [-0.3, -0.25) is 4.68 Å². The Balaban J connectivity index is 0.000000606. The van der Waals surface area contributed by atoms with Gasteiger partial charge in [0.25, 0.3) is 0 Å². The third-order valence-electron chi connectivity index (χ3n) is 2.30. The molecule has 0 amide bonds. The molecule has 2 aromatic rings. The first-order valence-corrected chi connectivity index (χ1v) is 5.50. The van der Waals surface area contributed by atoms with E-state index in [1.54, 1.807) is 10.9 Å². The Hall–Kier alpha value is -1.61. The standard InChI is InChI=1S/C11H12N2O.C2H6/c1-13-11(8-14)10(7-12-13)9-5-3-2-4-6-9;1-2/h2-7,14H,8H2,1H3;1-2H3. The van der Waals surface area contributed by atoms with Gasteiger partial charge in [-0.15, -0.1) is 0 Å². The minimum Gasteiger partial charge on any atom is -0.390 e. The molecule has 0 aliphatic heterocycles. The van der Waals surface area contributed by atoms with Gasteiger partial charge in [-0.2, -0.15) is 5.10 Å². The van der Waals surface area contributed by atoms with Gasteiger partial charge in [-0.1, -0.05) is 44.2 Å². The molecular weight excluding hydrogens is 200 g/mol. The third kappa shape index (κ3) is 2.49. The normalized spacial score (nSPS) is 9.50. The molecule has 0 unspecified atom stereocenters. The van der Waals surface area contributed by atoms with Crippen molar-refractivity contribution in [3.63, 3.8) is 0 Å². The van der Waals surface area contributed by atoms with Crippen LogP contribution >= 0.6 is 0 Å². The zero-order chi connectivity index (χ0) is 12.0. The Morgan fingerprint density at radius 3 is 2.38 bits per heavy atom. The van der Waals surface area contributed by atoms with Crippen molar-refractivity contribution >= 4 is 0 Å². The number of hydrogen-bond donors (Lipinski definition) is 1. The molecule has 16 heavy (non-hydrogen) atoms. The van der Waals surface area contributed by atoms with Crippen LogP contribution in [0, 0.1) is 0 Å². The maximum absolute atomic E-state index is 9.19. The summed E-state index contributed by atoms with van der Waals surface area (Å²) in [7, 11) is 1.83. The zero-order valence-corrected chi connectivity index (χ0v) is 10.0. The summed E-state index contributed by atoms with van der Waals surface area (Å²) in [6.45, 7) is 4.01. The summed E-state index contributed by atoms with van der Waals surface area (Å²) in [6, 6.07) is 9.94. The van der Waals surface area contributed by atoms with Gasteiger partial charge in [-0.05, 0) is 5.56 Å². The van der Waals surface area contributed by atoms with Crippen LogP contribution in [0.1, 0.15) is 19.5 Å². The Morgan fingerprint density at radius 1 is 1.19 bits per heavy atom. The summed E-state index contributed by atoms with van der Waals surface area (Å²) in [5.41, 5.74) is 2.93. The SMILES string of the molecule is CC.Cn1ncc(-c2ccccc2)c1CO. The second-order valence-corrected chi connectivity index (χ2v) is 3.15. The van der Waals surface area contributed by atoms with E-state index in [-0.39, 0.29) is 6.61 Å². The van der Waals surface area contributed by atoms with E-state index in [2.05, 4.69) is 5.10 Å². The number of benzene rings is 1. The Kier molecular flexibility index (Phi) is 4.73. The molecule has 3 heteroatoms. The van der Waals surface area contributed by atoms with Crippen LogP contribution in [0.2, 0.25) is 0 Å². The molecule has 1 aromatic carbocycles. The molecule has 0 atom stereocenters. The molecule has 0 aliphatic rings. The summed E-state index contributed by atoms with van der Waals surface area (Å²) in [6.07, 6.45) is 1.78. The Labute approximate surface area is 96.4 Å². The second kappa shape index (κ2) is 6.08. The topological polar surface area (TPSA) is 38.0 Å². The number of aliphatic hydroxyl groups is 1. The Bertz CT molecular complexity index is 421. The van der Waals surface area contributed by atoms with E-state index in [0.29, 0.717) is 0 Å². The lowest BCUT2D eigenvalue weighted by molar-refractivity contribution is 0.271. The lowest BCUT2D eigenvalue weighted by Gasteiger charge is -2.02. The quantitative estimate of drug-likeness (QED) is 0.841. The molecule has 0 aliphatic carbocycles. The number of aliphatic hydroxyl groups excluding tert-OH is 1. The van der Waals surface area contributed by atoms with Crippen molar-refractivity contribution in [1.82, 2.24) is 9.78 Å². The third-order valence-corrected chi connectivity index (χ3v) is 2.30. The van der Waals surface area contributed by atoms with Crippen LogP contribution in [-0.2, 0) is 13.7 Å². The molecule has 0 fully saturated rings. The highest BCUT2D eigenvalue weighted by Crippen LogP contribution is 2.22. The van der Waals surface area contributed by atoms with Gasteiger partial charge in [0.15, 0.2) is 0 Å². The van der Waals surface area contributed by atoms with Crippen LogP contribution in [0.15, 0.2) is 36.5 Å². The number of hydrogen-bond acceptors (Lipinski definition) is 2. The largest absolute Gasteiger partial charge is 0.390 e. The first-order valence-electron chi connectivity index (χ1n) is 5.50. The molecule has 1 heterocycles. The van der Waals surface area contributed by atoms with Crippen molar-refractivity contribution in [2.75, 3.05) is 0 Å². The summed E-state index contributed by atoms with van der Waals surface area (Å²) >= 11 is 0. The summed E-state index contributed by atoms with van der Waals surface area (Å²) in [4.78, 5) is 0. The van der Waals surface area contributed by atoms with Crippen molar-refractivity contribution in [2.45, 2.75) is 20.5 Å². The van der Waals surface area contributed by atoms with E-state index >= 15 is 0 Å². The minimum atomic E-state index is 0.0146. The van der Waals surface area contributed by atoms with Gasteiger partial charge in [0.2, 0.25) is 0 Å². The molecule has 3 nitrogen and oxygen atoms in total. The second-order valence-electron chi connectivity index (χ2n) is 3.15. The number of rotatable bonds is 2. The van der Waals surface area contributed by atoms with Gasteiger partial charge in [0.05, 0.1) is 18.5 Å². The molecule has 1 aromatic heterocycles. The fraction of sp³-hybridized carbons (Fsp3) is 0.308. The predicted molar refractivity (Wildman–Crippen MR) is 65.9 cm³/mol. The van der Waals surface area contributed by atoms with Crippen molar-refractivity contribution < 1.29 is 5.11 Å². The van der Waals surface area contributed by atoms with Gasteiger partial charge in [0.1, 0.15) is 0 Å². The first-order chi connectivity index (χ1) is 7.83. The minimum absolute atomic E-state index is 0.0146. The Morgan fingerprint density at radius 2 is 1.81 bits per heavy atom. The lowest BCUT2D eigenvalue weighted by atomic mass is 10.1. The lowest BCUT2D eigenvalue weighted by Crippen LogP contribution is -1.98. The highest BCUT2D eigenvalue weighted by atomic mass is 16.3. The smallest absolute Gasteiger partial charge is 0.0856 e. The maximum atomic E-state index is 9.19. The molecule has 1 N–H and O–H groups in total. The van der Waals surface area contributed by atoms with Gasteiger partial charge >= 0.3 is 0 Å². The molecule has 2 rings (SSSR count). The van der Waals surface area contributed by atoms with Gasteiger partial charge < -0.3 is 5.11 Å². The van der Waals surface area contributed by atoms with E-state index < -0.39 is 0 Å². The van der Waals surface area contributed by atoms with E-state index in [9.17, 15) is 5.11 Å². The van der Waals surface area contributed by atoms with Crippen molar-refractivity contribution in [2.24, 2.45) is 7.05 Å². The summed E-state index contributed by atoms with van der Waals surface area (Å²) in [5, 5.41) is 13.3.